The summed E-state index contributed by atoms with van der Waals surface area (Å²) in [4.78, 5) is 64.0. The molecule has 9 aliphatic rings. The Morgan fingerprint density at radius 1 is 0.277 bits per heavy atom. The van der Waals surface area contributed by atoms with Gasteiger partial charge in [0, 0.05) is 13.8 Å². The van der Waals surface area contributed by atoms with Gasteiger partial charge in [-0.15, -0.1) is 0 Å². The number of ether oxygens (including phenoxy) is 17. The molecule has 0 aromatic heterocycles. The average molecular weight is 1690 g/mol. The molecule has 0 aromatic rings. The molecule has 9 rings (SSSR count). The predicted octanol–water partition coefficient (Wildman–Crippen LogP) is -20.0. The van der Waals surface area contributed by atoms with E-state index in [2.05, 4.69) is 10.6 Å². The zero-order chi connectivity index (χ0) is 82.9. The zero-order valence-electron chi connectivity index (χ0n) is 58.8. The van der Waals surface area contributed by atoms with Crippen molar-refractivity contribution in [2.24, 2.45) is 0 Å². The summed E-state index contributed by atoms with van der Waals surface area (Å²) >= 11 is 0. The van der Waals surface area contributed by atoms with E-state index in [9.17, 15) is 166 Å². The van der Waals surface area contributed by atoms with Crippen molar-refractivity contribution in [3.8, 4) is 0 Å². The van der Waals surface area contributed by atoms with E-state index in [-0.39, 0.29) is 0 Å². The normalized spacial score (nSPS) is 49.4. The summed E-state index contributed by atoms with van der Waals surface area (Å²) in [5, 5.41) is 282. The molecular formula is C58H100N2O50P2. The summed E-state index contributed by atoms with van der Waals surface area (Å²) in [6, 6.07) is -3.63. The summed E-state index contributed by atoms with van der Waals surface area (Å²) in [5.41, 5.74) is 0. The van der Waals surface area contributed by atoms with Gasteiger partial charge >= 0.3 is 15.2 Å². The third-order valence-electron chi connectivity index (χ3n) is 20.0. The van der Waals surface area contributed by atoms with Crippen LogP contribution < -0.4 is 10.6 Å². The van der Waals surface area contributed by atoms with Gasteiger partial charge in [-0.3, -0.25) is 18.7 Å². The van der Waals surface area contributed by atoms with Crippen molar-refractivity contribution in [1.82, 2.24) is 10.6 Å². The first-order valence-electron chi connectivity index (χ1n) is 34.8. The summed E-state index contributed by atoms with van der Waals surface area (Å²) in [6.07, 6.45) is -98.1. The summed E-state index contributed by atoms with van der Waals surface area (Å²) in [5.74, 6) is -1.78. The fourth-order valence-electron chi connectivity index (χ4n) is 14.0. The van der Waals surface area contributed by atoms with Crippen molar-refractivity contribution in [3.05, 3.63) is 0 Å². The molecule has 45 atom stereocenters. The van der Waals surface area contributed by atoms with Gasteiger partial charge in [-0.2, -0.15) is 0 Å². The van der Waals surface area contributed by atoms with Gasteiger partial charge in [0.25, 0.3) is 0 Å². The molecule has 0 saturated carbocycles. The Kier molecular flexibility index (Phi) is 32.9. The maximum absolute atomic E-state index is 12.9. The molecular weight excluding hydrogens is 1590 g/mol. The fourth-order valence-corrected chi connectivity index (χ4v) is 15.5. The summed E-state index contributed by atoms with van der Waals surface area (Å²) < 4.78 is 123. The van der Waals surface area contributed by atoms with Crippen LogP contribution >= 0.6 is 15.2 Å². The highest BCUT2D eigenvalue weighted by molar-refractivity contribution is 7.52. The molecule has 9 saturated heterocycles. The Bertz CT molecular complexity index is 3070. The third-order valence-corrected chi connectivity index (χ3v) is 21.7. The number of aliphatic hydroxyl groups excluding tert-OH is 25. The lowest BCUT2D eigenvalue weighted by Crippen LogP contribution is -2.70. The van der Waals surface area contributed by atoms with E-state index in [1.165, 1.54) is 0 Å². The van der Waals surface area contributed by atoms with Gasteiger partial charge < -0.3 is 238 Å². The maximum Gasteiger partial charge on any atom is 0.328 e. The number of rotatable bonds is 29. The Labute approximate surface area is 631 Å². The molecule has 1 unspecified atom stereocenters. The molecule has 31 N–H and O–H groups in total. The number of aliphatic hydroxyl groups is 25. The third kappa shape index (κ3) is 21.3. The monoisotopic (exact) mass is 1690 g/mol. The standard InChI is InChI=1S/C58H100N2O50P2/c1-12(66)59-23-32(75)44(17(6-64)96-50(23)87)105-51-24(60-13(2)67)33(76)45(18(7-65)100-51)106-56-43(86)47(108-58-49(38(81)27(70)16(5-63)99-58)110-55-41(84)36(79)29(72)22(104-55)11-112(91,92)93)31(74)20(102-56)8-94-52-42(85)46(107-53-39(82)34(77)25(68)14(3-61)97-53)30(73)19(101-52)9-95-57-48(37(80)26(69)15(4-62)98-57)109-54-40(83)35(78)28(71)21(103-54)10-111(88,89)90/h14-58,61-65,68-87H,3-11H2,1-2H3,(H,59,66)(H,60,67)(H2,88,89,90)(H2,91,92,93)/t14-,15-,16-,17-,18-,19-,20-,21-,22-,23-,24-,25-,26-,27-,28-,29-,30-,31-,32-,33-,34+,35+,36+,37+,38+,39+,40+,41+,42+,43+,44-,45-,46+,47+,48+,49+,50?,51+,52+,53-,54-,55-,56+,57+,58-/m1/s1. The highest BCUT2D eigenvalue weighted by Crippen LogP contribution is 2.43. The summed E-state index contributed by atoms with van der Waals surface area (Å²) in [6.45, 7) is -6.26. The van der Waals surface area contributed by atoms with Gasteiger partial charge in [0.2, 0.25) is 11.8 Å². The SMILES string of the molecule is CC(=O)N[C@H]1[C@H](O[C@H]2[C@H](O)[C@@H](NC(C)=O)C(O)O[C@@H]2CO)O[C@H](CO)[C@@H](O[C@@H]2O[C@H](CO[C@H]3O[C@H](CO[C@H]4O[C@H](CO)[C@@H](O)[C@H](O)[C@@H]4O[C@H]4O[C@H](CP(=O)(O)O)[C@@H](O)[C@H](O)[C@@H]4O)[C@@H](O)[C@H](O[C@H]4O[C@H](CO)[C@@H](O)[C@H](O)[C@@H]4O)[C@@H]3O)[C@@H](O)[C@H](O[C@H]3O[C@H](CO)[C@@H](O)[C@H](O)[C@@H]3O[C@H]3O[C@H](CP(=O)(O)O)[C@@H](O)[C@H](O)[C@@H]3O)[C@@H]2O)[C@@H]1O. The van der Waals surface area contributed by atoms with Crippen LogP contribution in [0.1, 0.15) is 13.8 Å². The lowest BCUT2D eigenvalue weighted by atomic mass is 9.94. The minimum absolute atomic E-state index is 0.807. The molecule has 9 aliphatic heterocycles. The predicted molar refractivity (Wildman–Crippen MR) is 340 cm³/mol. The van der Waals surface area contributed by atoms with Crippen molar-refractivity contribution in [3.63, 3.8) is 0 Å². The molecule has 52 nitrogen and oxygen atoms in total. The van der Waals surface area contributed by atoms with E-state index < -0.39 is 362 Å². The van der Waals surface area contributed by atoms with E-state index in [0.717, 1.165) is 13.8 Å². The van der Waals surface area contributed by atoms with E-state index in [1.807, 2.05) is 0 Å². The Morgan fingerprint density at radius 2 is 0.562 bits per heavy atom. The highest BCUT2D eigenvalue weighted by Gasteiger charge is 2.61. The van der Waals surface area contributed by atoms with Crippen LogP contribution in [0.3, 0.4) is 0 Å². The molecule has 0 aromatic carbocycles. The van der Waals surface area contributed by atoms with E-state index in [4.69, 9.17) is 80.5 Å². The molecule has 2 amide bonds. The second-order valence-corrected chi connectivity index (χ2v) is 31.4. The number of hydrogen-bond donors (Lipinski definition) is 31. The minimum atomic E-state index is -5.16. The van der Waals surface area contributed by atoms with Crippen LogP contribution in [0.15, 0.2) is 0 Å². The van der Waals surface area contributed by atoms with Crippen LogP contribution in [0.4, 0.5) is 0 Å². The van der Waals surface area contributed by atoms with Gasteiger partial charge in [-0.1, -0.05) is 0 Å². The van der Waals surface area contributed by atoms with Crippen LogP contribution in [0.2, 0.25) is 0 Å². The van der Waals surface area contributed by atoms with E-state index in [0.29, 0.717) is 0 Å². The van der Waals surface area contributed by atoms with Crippen molar-refractivity contribution >= 4 is 27.0 Å². The quantitative estimate of drug-likeness (QED) is 0.0309. The smallest absolute Gasteiger partial charge is 0.328 e. The lowest BCUT2D eigenvalue weighted by Gasteiger charge is -2.51. The van der Waals surface area contributed by atoms with Gasteiger partial charge in [0.1, 0.15) is 220 Å². The maximum atomic E-state index is 12.9. The molecule has 652 valence electrons. The largest absolute Gasteiger partial charge is 0.394 e. The van der Waals surface area contributed by atoms with Crippen molar-refractivity contribution < 1.29 is 246 Å². The van der Waals surface area contributed by atoms with Crippen molar-refractivity contribution in [2.75, 3.05) is 58.6 Å². The van der Waals surface area contributed by atoms with Crippen molar-refractivity contribution in [1.29, 1.82) is 0 Å². The number of amides is 2. The zero-order valence-corrected chi connectivity index (χ0v) is 60.6. The van der Waals surface area contributed by atoms with Crippen molar-refractivity contribution in [2.45, 2.75) is 290 Å². The Morgan fingerprint density at radius 3 is 0.991 bits per heavy atom. The van der Waals surface area contributed by atoms with Gasteiger partial charge in [-0.25, -0.2) is 0 Å². The van der Waals surface area contributed by atoms with Crippen LogP contribution in [0.5, 0.6) is 0 Å². The fraction of sp³-hybridized carbons (Fsp3) is 0.966. The molecule has 112 heavy (non-hydrogen) atoms. The first kappa shape index (κ1) is 93.4. The second-order valence-electron chi connectivity index (χ2n) is 28.1. The van der Waals surface area contributed by atoms with Gasteiger partial charge in [-0.05, 0) is 0 Å². The molecule has 0 aliphatic carbocycles. The minimum Gasteiger partial charge on any atom is -0.394 e. The van der Waals surface area contributed by atoms with Crippen LogP contribution in [0, 0.1) is 0 Å². The van der Waals surface area contributed by atoms with E-state index in [1.54, 1.807) is 0 Å². The molecule has 0 bridgehead atoms. The molecule has 0 spiro atoms. The van der Waals surface area contributed by atoms with Crippen LogP contribution in [-0.4, -0.2) is 494 Å². The first-order chi connectivity index (χ1) is 52.5. The summed E-state index contributed by atoms with van der Waals surface area (Å²) in [7, 11) is -10.3. The first-order valence-corrected chi connectivity index (χ1v) is 38.4. The number of carbonyl (C=O) groups is 2. The molecule has 0 radical (unpaired) electrons. The van der Waals surface area contributed by atoms with Gasteiger partial charge in [0.15, 0.2) is 56.6 Å². The number of hydrogen-bond acceptors (Lipinski definition) is 46. The Balaban J connectivity index is 1.06. The average Bonchev–Trinajstić information content (AvgIpc) is 0.771. The topological polar surface area (TPSA) is 836 Å². The molecule has 9 heterocycles. The van der Waals surface area contributed by atoms with Crippen LogP contribution in [-0.2, 0) is 99.2 Å². The second kappa shape index (κ2) is 39.4. The highest BCUT2D eigenvalue weighted by atomic mass is 31.2. The Hall–Kier alpha value is -2.44. The lowest BCUT2D eigenvalue weighted by molar-refractivity contribution is -0.398. The molecule has 9 fully saturated rings. The van der Waals surface area contributed by atoms with E-state index >= 15 is 0 Å². The number of carbonyl (C=O) groups excluding carboxylic acids is 2. The molecule has 54 heteroatoms. The van der Waals surface area contributed by atoms with Gasteiger partial charge in [0.05, 0.1) is 58.6 Å². The van der Waals surface area contributed by atoms with Crippen LogP contribution in [0.25, 0.3) is 0 Å². The number of nitrogens with one attached hydrogen (secondary N) is 2.